The number of thiol groups is 1. The van der Waals surface area contributed by atoms with Crippen molar-refractivity contribution < 1.29 is 4.79 Å². The highest BCUT2D eigenvalue weighted by atomic mass is 32.2. The first-order chi connectivity index (χ1) is 21.0. The van der Waals surface area contributed by atoms with E-state index in [1.54, 1.807) is 11.1 Å². The number of carbonyl (C=O) groups is 1. The van der Waals surface area contributed by atoms with Gasteiger partial charge in [-0.15, -0.1) is 24.9 Å². The molecule has 252 valence electrons. The fourth-order valence-electron chi connectivity index (χ4n) is 5.41. The third-order valence-corrected chi connectivity index (χ3v) is 11.0. The Morgan fingerprint density at radius 2 is 1.66 bits per heavy atom. The summed E-state index contributed by atoms with van der Waals surface area (Å²) in [6, 6.07) is 4.88. The first-order valence-electron chi connectivity index (χ1n) is 16.8. The summed E-state index contributed by atoms with van der Waals surface area (Å²) in [6.07, 6.45) is 15.0. The maximum atomic E-state index is 8.81. The zero-order chi connectivity index (χ0) is 34.2. The van der Waals surface area contributed by atoms with Crippen molar-refractivity contribution in [3.8, 4) is 0 Å². The lowest BCUT2D eigenvalue weighted by atomic mass is 9.81. The quantitative estimate of drug-likeness (QED) is 0.116. The standard InChI is InChI=1S/C20H30.C13H23NS3.C2H4O.C2H6.C2H4/c1-5-6-7-10-18-13-16(3)20(17(4)14-18)19-11-8-9-15(2)12-19;1-6-7-9(2)16-8-12-10(3)14(5)11(4)13(15)17-12;1-2-3;2*1-2/h12-14,19H,5-11H2,1-4H3;9,13,15H,4,6-8H2,1-3,5H3;2H,1H3;1-2H3;1-2H2. The molecule has 0 spiro atoms. The van der Waals surface area contributed by atoms with E-state index in [1.165, 1.54) is 92.0 Å². The molecule has 0 N–H and O–H groups in total. The van der Waals surface area contributed by atoms with Crippen LogP contribution in [0.15, 0.2) is 59.8 Å². The number of nitrogens with zero attached hydrogens (tertiary/aromatic N) is 1. The van der Waals surface area contributed by atoms with Gasteiger partial charge >= 0.3 is 0 Å². The van der Waals surface area contributed by atoms with Crippen molar-refractivity contribution in [2.75, 3.05) is 12.8 Å². The molecule has 1 aliphatic carbocycles. The van der Waals surface area contributed by atoms with Gasteiger partial charge in [0.25, 0.3) is 0 Å². The molecule has 3 atom stereocenters. The van der Waals surface area contributed by atoms with Gasteiger partial charge in [-0.25, -0.2) is 0 Å². The average molecular weight is 662 g/mol. The SMILES string of the molecule is C=C.C=C1C(S)SC(CSC(C)CCC)=C(C)N1C.CC.CC=O.CCCCCc1cc(C)c(C2C=C(C)CCC2)c(C)c1. The number of carbonyl (C=O) groups excluding carboxylic acids is 1. The number of aldehydes is 1. The van der Waals surface area contributed by atoms with E-state index in [0.717, 1.165) is 23.0 Å². The topological polar surface area (TPSA) is 20.3 Å². The number of aryl methyl sites for hydroxylation is 3. The van der Waals surface area contributed by atoms with Gasteiger partial charge in [-0.3, -0.25) is 0 Å². The van der Waals surface area contributed by atoms with Crippen LogP contribution in [0.5, 0.6) is 0 Å². The normalized spacial score (nSPS) is 18.1. The van der Waals surface area contributed by atoms with Crippen molar-refractivity contribution in [1.82, 2.24) is 4.90 Å². The van der Waals surface area contributed by atoms with E-state index < -0.39 is 0 Å². The molecule has 2 aliphatic rings. The fraction of sp³-hybridized carbons (Fsp3) is 0.615. The minimum absolute atomic E-state index is 0.209. The monoisotopic (exact) mass is 661 g/mol. The van der Waals surface area contributed by atoms with Gasteiger partial charge in [-0.2, -0.15) is 24.4 Å². The Labute approximate surface area is 288 Å². The Balaban J connectivity index is 0. The zero-order valence-corrected chi connectivity index (χ0v) is 32.9. The minimum Gasteiger partial charge on any atom is -0.350 e. The second kappa shape index (κ2) is 26.9. The molecule has 0 saturated carbocycles. The van der Waals surface area contributed by atoms with Crippen LogP contribution in [-0.2, 0) is 11.2 Å². The van der Waals surface area contributed by atoms with Crippen molar-refractivity contribution in [3.05, 3.63) is 82.1 Å². The number of allylic oxidation sites excluding steroid dienone is 3. The smallest absolute Gasteiger partial charge is 0.116 e. The van der Waals surface area contributed by atoms with Crippen molar-refractivity contribution in [2.45, 2.75) is 143 Å². The molecular formula is C39H67NOS3. The molecule has 1 aromatic carbocycles. The molecule has 1 aliphatic heterocycles. The van der Waals surface area contributed by atoms with E-state index in [-0.39, 0.29) is 4.58 Å². The molecule has 44 heavy (non-hydrogen) atoms. The lowest BCUT2D eigenvalue weighted by Gasteiger charge is -2.34. The minimum atomic E-state index is 0.209. The van der Waals surface area contributed by atoms with E-state index in [9.17, 15) is 0 Å². The van der Waals surface area contributed by atoms with E-state index in [4.69, 9.17) is 4.79 Å². The third-order valence-electron chi connectivity index (χ3n) is 7.74. The first kappa shape index (κ1) is 44.8. The van der Waals surface area contributed by atoms with E-state index in [0.29, 0.717) is 5.92 Å². The third kappa shape index (κ3) is 16.9. The second-order valence-electron chi connectivity index (χ2n) is 11.3. The van der Waals surface area contributed by atoms with Crippen LogP contribution in [0.1, 0.15) is 135 Å². The molecule has 0 saturated heterocycles. The maximum absolute atomic E-state index is 8.81. The Morgan fingerprint density at radius 3 is 2.16 bits per heavy atom. The Bertz CT molecular complexity index is 990. The highest BCUT2D eigenvalue weighted by Crippen LogP contribution is 2.41. The number of unbranched alkanes of at least 4 members (excludes halogenated alkanes) is 2. The van der Waals surface area contributed by atoms with Gasteiger partial charge in [0.05, 0.1) is 4.58 Å². The van der Waals surface area contributed by atoms with Crippen LogP contribution in [0, 0.1) is 13.8 Å². The zero-order valence-electron chi connectivity index (χ0n) is 30.4. The molecule has 3 rings (SSSR count). The molecule has 0 radical (unpaired) electrons. The Morgan fingerprint density at radius 1 is 1.09 bits per heavy atom. The van der Waals surface area contributed by atoms with Gasteiger partial charge < -0.3 is 9.69 Å². The van der Waals surface area contributed by atoms with Gasteiger partial charge in [0.15, 0.2) is 0 Å². The average Bonchev–Trinajstić information content (AvgIpc) is 3.00. The number of hydrogen-bond donors (Lipinski definition) is 1. The number of thioether (sulfide) groups is 2. The van der Waals surface area contributed by atoms with Gasteiger partial charge in [-0.1, -0.05) is 84.2 Å². The summed E-state index contributed by atoms with van der Waals surface area (Å²) in [4.78, 5) is 12.4. The summed E-state index contributed by atoms with van der Waals surface area (Å²) in [6.45, 7) is 31.4. The molecule has 0 aromatic heterocycles. The van der Waals surface area contributed by atoms with Crippen molar-refractivity contribution in [3.63, 3.8) is 0 Å². The van der Waals surface area contributed by atoms with Gasteiger partial charge in [-0.05, 0) is 95.4 Å². The predicted octanol–water partition coefficient (Wildman–Crippen LogP) is 12.9. The summed E-state index contributed by atoms with van der Waals surface area (Å²) in [5, 5.41) is 0.745. The van der Waals surface area contributed by atoms with Gasteiger partial charge in [0, 0.05) is 40.3 Å². The fourth-order valence-corrected chi connectivity index (χ4v) is 8.36. The second-order valence-corrected chi connectivity index (χ2v) is 14.8. The maximum Gasteiger partial charge on any atom is 0.116 e. The lowest BCUT2D eigenvalue weighted by Crippen LogP contribution is -2.25. The molecule has 2 nitrogen and oxygen atoms in total. The molecule has 5 heteroatoms. The Hall–Kier alpha value is -1.30. The van der Waals surface area contributed by atoms with E-state index >= 15 is 0 Å². The van der Waals surface area contributed by atoms with Crippen molar-refractivity contribution >= 4 is 42.4 Å². The van der Waals surface area contributed by atoms with E-state index in [1.807, 2.05) is 37.4 Å². The van der Waals surface area contributed by atoms with E-state index in [2.05, 4.69) is 111 Å². The van der Waals surface area contributed by atoms with Crippen molar-refractivity contribution in [1.29, 1.82) is 0 Å². The van der Waals surface area contributed by atoms with Crippen LogP contribution in [0.3, 0.4) is 0 Å². The highest BCUT2D eigenvalue weighted by Gasteiger charge is 2.24. The molecular weight excluding hydrogens is 595 g/mol. The molecule has 0 fully saturated rings. The summed E-state index contributed by atoms with van der Waals surface area (Å²) < 4.78 is 0.209. The number of rotatable bonds is 10. The Kier molecular flexibility index (Phi) is 27.4. The molecule has 3 unspecified atom stereocenters. The first-order valence-corrected chi connectivity index (χ1v) is 19.2. The van der Waals surface area contributed by atoms with Gasteiger partial charge in [0.2, 0.25) is 0 Å². The van der Waals surface area contributed by atoms with Crippen LogP contribution >= 0.6 is 36.2 Å². The summed E-state index contributed by atoms with van der Waals surface area (Å²) in [5.41, 5.74) is 10.1. The van der Waals surface area contributed by atoms with Crippen LogP contribution in [0.4, 0.5) is 0 Å². The highest BCUT2D eigenvalue weighted by molar-refractivity contribution is 8.14. The number of hydrogen-bond acceptors (Lipinski definition) is 5. The number of benzene rings is 1. The van der Waals surface area contributed by atoms with Crippen LogP contribution in [-0.4, -0.2) is 33.8 Å². The largest absolute Gasteiger partial charge is 0.350 e. The summed E-state index contributed by atoms with van der Waals surface area (Å²) in [5.74, 6) is 1.76. The predicted molar refractivity (Wildman–Crippen MR) is 211 cm³/mol. The van der Waals surface area contributed by atoms with Gasteiger partial charge in [0.1, 0.15) is 6.29 Å². The van der Waals surface area contributed by atoms with Crippen LogP contribution in [0.2, 0.25) is 0 Å². The summed E-state index contributed by atoms with van der Waals surface area (Å²) >= 11 is 8.48. The lowest BCUT2D eigenvalue weighted by molar-refractivity contribution is -0.106. The molecule has 0 bridgehead atoms. The van der Waals surface area contributed by atoms with Crippen LogP contribution in [0.25, 0.3) is 0 Å². The molecule has 0 amide bonds. The molecule has 1 heterocycles. The summed E-state index contributed by atoms with van der Waals surface area (Å²) in [7, 11) is 2.08. The van der Waals surface area contributed by atoms with Crippen molar-refractivity contribution in [2.24, 2.45) is 0 Å². The van der Waals surface area contributed by atoms with Crippen LogP contribution < -0.4 is 0 Å². The molecule has 1 aromatic rings.